The summed E-state index contributed by atoms with van der Waals surface area (Å²) in [4.78, 5) is 38.8. The quantitative estimate of drug-likeness (QED) is 0.667. The van der Waals surface area contributed by atoms with Crippen molar-refractivity contribution in [2.75, 3.05) is 13.1 Å². The molecule has 0 aliphatic carbocycles. The number of thiazole rings is 1. The van der Waals surface area contributed by atoms with Gasteiger partial charge in [-0.25, -0.2) is 14.6 Å². The number of aromatic nitrogens is 1. The lowest BCUT2D eigenvalue weighted by atomic mass is 10.3. The second kappa shape index (κ2) is 7.58. The number of carbonyl (C=O) groups is 3. The Morgan fingerprint density at radius 3 is 2.62 bits per heavy atom. The van der Waals surface area contributed by atoms with Gasteiger partial charge in [-0.2, -0.15) is 0 Å². The minimum absolute atomic E-state index is 0.00105. The van der Waals surface area contributed by atoms with E-state index in [9.17, 15) is 14.4 Å². The zero-order chi connectivity index (χ0) is 16.0. The highest BCUT2D eigenvalue weighted by molar-refractivity contribution is 7.09. The van der Waals surface area contributed by atoms with Gasteiger partial charge in [-0.3, -0.25) is 4.79 Å². The maximum Gasteiger partial charge on any atom is 0.355 e. The molecule has 0 saturated carbocycles. The van der Waals surface area contributed by atoms with Gasteiger partial charge in [0.15, 0.2) is 5.69 Å². The first-order valence-electron chi connectivity index (χ1n) is 6.31. The van der Waals surface area contributed by atoms with Gasteiger partial charge in [-0.1, -0.05) is 0 Å². The van der Waals surface area contributed by atoms with Crippen LogP contribution in [0.4, 0.5) is 4.79 Å². The summed E-state index contributed by atoms with van der Waals surface area (Å²) >= 11 is 1.22. The predicted octanol–water partition coefficient (Wildman–Crippen LogP) is 0.289. The van der Waals surface area contributed by atoms with Crippen molar-refractivity contribution in [3.05, 3.63) is 16.1 Å². The number of aromatic carboxylic acids is 1. The number of nitrogens with one attached hydrogen (secondary N) is 1. The van der Waals surface area contributed by atoms with Gasteiger partial charge >= 0.3 is 12.0 Å². The van der Waals surface area contributed by atoms with Crippen LogP contribution < -0.4 is 11.1 Å². The number of primary amides is 1. The van der Waals surface area contributed by atoms with Gasteiger partial charge in [0.2, 0.25) is 5.91 Å². The number of hydrogen-bond acceptors (Lipinski definition) is 5. The van der Waals surface area contributed by atoms with Crippen LogP contribution in [0.5, 0.6) is 0 Å². The van der Waals surface area contributed by atoms with Crippen molar-refractivity contribution in [1.29, 1.82) is 0 Å². The van der Waals surface area contributed by atoms with Crippen LogP contribution in [0.3, 0.4) is 0 Å². The topological polar surface area (TPSA) is 126 Å². The smallest absolute Gasteiger partial charge is 0.355 e. The zero-order valence-corrected chi connectivity index (χ0v) is 12.6. The molecule has 1 aromatic heterocycles. The highest BCUT2D eigenvalue weighted by Crippen LogP contribution is 2.10. The Balaban J connectivity index is 2.47. The number of carboxylic acids is 1. The van der Waals surface area contributed by atoms with E-state index in [-0.39, 0.29) is 24.3 Å². The third kappa shape index (κ3) is 5.38. The van der Waals surface area contributed by atoms with E-state index in [1.54, 1.807) is 13.8 Å². The van der Waals surface area contributed by atoms with Crippen molar-refractivity contribution in [1.82, 2.24) is 15.2 Å². The second-order valence-corrected chi connectivity index (χ2v) is 5.54. The minimum atomic E-state index is -1.08. The molecule has 1 aromatic rings. The summed E-state index contributed by atoms with van der Waals surface area (Å²) in [5, 5.41) is 13.5. The molecule has 0 aliphatic heterocycles. The molecule has 1 heterocycles. The number of urea groups is 1. The molecule has 1 rings (SSSR count). The number of nitrogens with two attached hydrogens (primary N) is 1. The van der Waals surface area contributed by atoms with Crippen molar-refractivity contribution < 1.29 is 19.5 Å². The molecule has 8 nitrogen and oxygen atoms in total. The van der Waals surface area contributed by atoms with Crippen LogP contribution in [-0.2, 0) is 11.2 Å². The van der Waals surface area contributed by atoms with Gasteiger partial charge in [0.05, 0.1) is 5.01 Å². The van der Waals surface area contributed by atoms with Crippen molar-refractivity contribution >= 4 is 29.2 Å². The Labute approximate surface area is 126 Å². The summed E-state index contributed by atoms with van der Waals surface area (Å²) in [5.74, 6) is -1.65. The number of carbonyl (C=O) groups excluding carboxylic acids is 2. The van der Waals surface area contributed by atoms with Crippen LogP contribution in [0.25, 0.3) is 0 Å². The Bertz CT molecular complexity index is 529. The lowest BCUT2D eigenvalue weighted by Gasteiger charge is -2.25. The van der Waals surface area contributed by atoms with E-state index >= 15 is 0 Å². The van der Waals surface area contributed by atoms with Gasteiger partial charge in [-0.15, -0.1) is 11.3 Å². The second-order valence-electron chi connectivity index (χ2n) is 4.60. The van der Waals surface area contributed by atoms with Crippen LogP contribution in [0.2, 0.25) is 0 Å². The molecule has 0 atom stereocenters. The number of amides is 3. The first-order valence-corrected chi connectivity index (χ1v) is 7.19. The van der Waals surface area contributed by atoms with Gasteiger partial charge in [0.1, 0.15) is 6.54 Å². The molecule has 0 bridgehead atoms. The molecule has 0 unspecified atom stereocenters. The first kappa shape index (κ1) is 16.9. The van der Waals surface area contributed by atoms with Gasteiger partial charge < -0.3 is 21.1 Å². The van der Waals surface area contributed by atoms with Crippen LogP contribution >= 0.6 is 11.3 Å². The Hall–Kier alpha value is -2.16. The largest absolute Gasteiger partial charge is 0.476 e. The van der Waals surface area contributed by atoms with Gasteiger partial charge in [0, 0.05) is 24.4 Å². The summed E-state index contributed by atoms with van der Waals surface area (Å²) in [5.41, 5.74) is 5.09. The van der Waals surface area contributed by atoms with E-state index in [1.807, 2.05) is 0 Å². The van der Waals surface area contributed by atoms with E-state index in [2.05, 4.69) is 10.3 Å². The van der Waals surface area contributed by atoms with Crippen LogP contribution in [0, 0.1) is 0 Å². The number of carboxylic acid groups (broad SMARTS) is 1. The number of hydrogen-bond donors (Lipinski definition) is 3. The third-order valence-electron chi connectivity index (χ3n) is 2.60. The summed E-state index contributed by atoms with van der Waals surface area (Å²) in [6, 6.07) is -0.546. The molecule has 9 heteroatoms. The van der Waals surface area contributed by atoms with Crippen molar-refractivity contribution in [3.8, 4) is 0 Å². The highest BCUT2D eigenvalue weighted by Gasteiger charge is 2.18. The van der Waals surface area contributed by atoms with Crippen LogP contribution in [-0.4, -0.2) is 52.0 Å². The van der Waals surface area contributed by atoms with Crippen molar-refractivity contribution in [2.45, 2.75) is 26.3 Å². The summed E-state index contributed by atoms with van der Waals surface area (Å²) < 4.78 is 0. The molecule has 4 N–H and O–H groups in total. The molecule has 3 amide bonds. The zero-order valence-electron chi connectivity index (χ0n) is 11.8. The standard InChI is InChI=1S/C12H18N4O4S/c1-7(2)16(5-9(13)17)12(20)14-4-3-10-15-8(6-21-10)11(18)19/h6-7H,3-5H2,1-2H3,(H2,13,17)(H,14,20)(H,18,19). The first-order chi connectivity index (χ1) is 9.81. The lowest BCUT2D eigenvalue weighted by molar-refractivity contribution is -0.118. The summed E-state index contributed by atoms with van der Waals surface area (Å²) in [7, 11) is 0. The average Bonchev–Trinajstić information content (AvgIpc) is 2.84. The fraction of sp³-hybridized carbons (Fsp3) is 0.500. The minimum Gasteiger partial charge on any atom is -0.476 e. The summed E-state index contributed by atoms with van der Waals surface area (Å²) in [6.07, 6.45) is 0.423. The molecule has 0 saturated heterocycles. The van der Waals surface area contributed by atoms with E-state index in [0.29, 0.717) is 18.0 Å². The highest BCUT2D eigenvalue weighted by atomic mass is 32.1. The van der Waals surface area contributed by atoms with Gasteiger partial charge in [-0.05, 0) is 13.8 Å². The van der Waals surface area contributed by atoms with Gasteiger partial charge in [0.25, 0.3) is 0 Å². The summed E-state index contributed by atoms with van der Waals surface area (Å²) in [6.45, 7) is 3.71. The van der Waals surface area contributed by atoms with Crippen LogP contribution in [0.1, 0.15) is 29.3 Å². The molecule has 0 fully saturated rings. The lowest BCUT2D eigenvalue weighted by Crippen LogP contribution is -2.48. The number of nitrogens with zero attached hydrogens (tertiary/aromatic N) is 2. The average molecular weight is 314 g/mol. The number of rotatable bonds is 7. The molecule has 0 aromatic carbocycles. The Kier molecular flexibility index (Phi) is 6.10. The third-order valence-corrected chi connectivity index (χ3v) is 3.50. The SMILES string of the molecule is CC(C)N(CC(N)=O)C(=O)NCCc1nc(C(=O)O)cs1. The predicted molar refractivity (Wildman–Crippen MR) is 77.2 cm³/mol. The fourth-order valence-electron chi connectivity index (χ4n) is 1.56. The monoisotopic (exact) mass is 314 g/mol. The molecular formula is C12H18N4O4S. The van der Waals surface area contributed by atoms with E-state index in [1.165, 1.54) is 21.6 Å². The van der Waals surface area contributed by atoms with Crippen molar-refractivity contribution in [3.63, 3.8) is 0 Å². The fourth-order valence-corrected chi connectivity index (χ4v) is 2.33. The maximum atomic E-state index is 11.9. The van der Waals surface area contributed by atoms with Crippen LogP contribution in [0.15, 0.2) is 5.38 Å². The Morgan fingerprint density at radius 2 is 2.14 bits per heavy atom. The van der Waals surface area contributed by atoms with Crippen molar-refractivity contribution in [2.24, 2.45) is 5.73 Å². The Morgan fingerprint density at radius 1 is 1.48 bits per heavy atom. The van der Waals surface area contributed by atoms with E-state index < -0.39 is 11.9 Å². The molecule has 0 radical (unpaired) electrons. The molecular weight excluding hydrogens is 296 g/mol. The van der Waals surface area contributed by atoms with E-state index in [4.69, 9.17) is 10.8 Å². The maximum absolute atomic E-state index is 11.9. The molecule has 0 spiro atoms. The normalized spacial score (nSPS) is 10.4. The van der Waals surface area contributed by atoms with E-state index in [0.717, 1.165) is 0 Å². The molecule has 0 aliphatic rings. The molecule has 116 valence electrons. The molecule has 21 heavy (non-hydrogen) atoms.